The van der Waals surface area contributed by atoms with E-state index in [4.69, 9.17) is 4.74 Å². The van der Waals surface area contributed by atoms with E-state index in [2.05, 4.69) is 23.2 Å². The van der Waals surface area contributed by atoms with E-state index in [1.165, 1.54) is 33.0 Å². The maximum atomic E-state index is 13.1. The molecule has 2 aliphatic rings. The van der Waals surface area contributed by atoms with Crippen molar-refractivity contribution < 1.29 is 17.9 Å². The number of nitrogens with zero attached hydrogens (tertiary/aromatic N) is 2. The summed E-state index contributed by atoms with van der Waals surface area (Å²) in [6, 6.07) is 14.5. The van der Waals surface area contributed by atoms with Crippen LogP contribution in [0.2, 0.25) is 0 Å². The van der Waals surface area contributed by atoms with E-state index in [1.807, 2.05) is 32.2 Å². The lowest BCUT2D eigenvalue weighted by Crippen LogP contribution is -2.48. The molecular weight excluding hydrogens is 450 g/mol. The number of carbonyl (C=O) groups is 1. The monoisotopic (exact) mass is 479 g/mol. The van der Waals surface area contributed by atoms with Gasteiger partial charge in [-0.3, -0.25) is 4.79 Å². The molecule has 2 aromatic carbocycles. The predicted octanol–water partition coefficient (Wildman–Crippen LogP) is 3.90. The van der Waals surface area contributed by atoms with Crippen LogP contribution in [0.5, 0.6) is 0 Å². The average Bonchev–Trinajstić information content (AvgIpc) is 3.27. The maximum absolute atomic E-state index is 13.1. The topological polar surface area (TPSA) is 82.7 Å². The van der Waals surface area contributed by atoms with Crippen LogP contribution < -0.4 is 0 Å². The van der Waals surface area contributed by atoms with Crippen molar-refractivity contribution in [1.82, 2.24) is 14.2 Å². The van der Waals surface area contributed by atoms with Crippen LogP contribution in [0, 0.1) is 0 Å². The molecule has 1 N–H and O–H groups in total. The molecule has 1 aromatic heterocycles. The molecule has 0 spiro atoms. The molecule has 34 heavy (non-hydrogen) atoms. The fourth-order valence-corrected chi connectivity index (χ4v) is 6.45. The minimum atomic E-state index is -3.63. The van der Waals surface area contributed by atoms with Crippen molar-refractivity contribution in [3.05, 3.63) is 71.9 Å². The molecule has 0 saturated carbocycles. The number of aromatic amines is 1. The van der Waals surface area contributed by atoms with Gasteiger partial charge in [0.2, 0.25) is 10.0 Å². The number of para-hydroxylation sites is 1. The Morgan fingerprint density at radius 3 is 2.41 bits per heavy atom. The van der Waals surface area contributed by atoms with E-state index >= 15 is 0 Å². The molecule has 7 nitrogen and oxygen atoms in total. The lowest BCUT2D eigenvalue weighted by molar-refractivity contribution is -0.0440. The number of fused-ring (bicyclic) bond motifs is 1. The van der Waals surface area contributed by atoms with Gasteiger partial charge in [-0.05, 0) is 56.2 Å². The summed E-state index contributed by atoms with van der Waals surface area (Å²) in [5.74, 6) is -0.0909. The number of benzene rings is 2. The third-order valence-electron chi connectivity index (χ3n) is 6.56. The zero-order chi connectivity index (χ0) is 23.9. The highest BCUT2D eigenvalue weighted by Crippen LogP contribution is 2.29. The quantitative estimate of drug-likeness (QED) is 0.615. The third-order valence-corrected chi connectivity index (χ3v) is 8.40. The number of ether oxygens (including phenoxy) is 1. The summed E-state index contributed by atoms with van der Waals surface area (Å²) in [6.45, 7) is 5.54. The molecule has 1 saturated heterocycles. The second-order valence-electron chi connectivity index (χ2n) is 9.08. The predicted molar refractivity (Wildman–Crippen MR) is 132 cm³/mol. The van der Waals surface area contributed by atoms with Crippen molar-refractivity contribution >= 4 is 32.4 Å². The van der Waals surface area contributed by atoms with Gasteiger partial charge < -0.3 is 14.6 Å². The van der Waals surface area contributed by atoms with E-state index in [-0.39, 0.29) is 23.0 Å². The van der Waals surface area contributed by atoms with Gasteiger partial charge in [0.25, 0.3) is 5.91 Å². The lowest BCUT2D eigenvalue weighted by atomic mass is 9.98. The highest BCUT2D eigenvalue weighted by atomic mass is 32.2. The van der Waals surface area contributed by atoms with Crippen molar-refractivity contribution in [2.24, 2.45) is 0 Å². The number of H-pyrrole nitrogens is 1. The normalized spacial score (nSPS) is 22.1. The van der Waals surface area contributed by atoms with Gasteiger partial charge in [-0.1, -0.05) is 24.3 Å². The highest BCUT2D eigenvalue weighted by Gasteiger charge is 2.32. The molecule has 5 rings (SSSR count). The number of amides is 1. The number of nitrogens with one attached hydrogen (secondary N) is 1. The summed E-state index contributed by atoms with van der Waals surface area (Å²) in [6.07, 6.45) is 4.61. The van der Waals surface area contributed by atoms with Crippen LogP contribution in [0.1, 0.15) is 36.2 Å². The number of aromatic nitrogens is 1. The van der Waals surface area contributed by atoms with Crippen LogP contribution in [-0.2, 0) is 14.8 Å². The van der Waals surface area contributed by atoms with Crippen molar-refractivity contribution in [2.45, 2.75) is 37.4 Å². The number of sulfonamides is 1. The van der Waals surface area contributed by atoms with E-state index in [9.17, 15) is 13.2 Å². The fourth-order valence-electron chi connectivity index (χ4n) is 4.86. The van der Waals surface area contributed by atoms with Gasteiger partial charge in [0.05, 0.1) is 17.1 Å². The summed E-state index contributed by atoms with van der Waals surface area (Å²) in [7, 11) is -3.63. The zero-order valence-corrected chi connectivity index (χ0v) is 20.2. The molecule has 0 unspecified atom stereocenters. The fraction of sp³-hybridized carbons (Fsp3) is 0.346. The van der Waals surface area contributed by atoms with Gasteiger partial charge in [0.1, 0.15) is 0 Å². The van der Waals surface area contributed by atoms with Crippen molar-refractivity contribution in [3.63, 3.8) is 0 Å². The zero-order valence-electron chi connectivity index (χ0n) is 19.4. The van der Waals surface area contributed by atoms with E-state index in [0.29, 0.717) is 31.7 Å². The Morgan fingerprint density at radius 1 is 1.03 bits per heavy atom. The minimum absolute atomic E-state index is 0.0909. The Labute approximate surface area is 200 Å². The molecular formula is C26H29N3O4S. The number of carbonyl (C=O) groups excluding carboxylic acids is 1. The lowest BCUT2D eigenvalue weighted by Gasteiger charge is -2.34. The standard InChI is InChI=1S/C26H29N3O4S/c1-18-16-29(17-19(2)33-18)34(31,32)22-9-7-21(8-10-22)26(30)28-13-11-20(12-14-28)24-15-27-25-6-4-3-5-23(24)25/h3-11,15,18-19,27H,12-14,16-17H2,1-2H3/t18-,19+. The summed E-state index contributed by atoms with van der Waals surface area (Å²) in [5.41, 5.74) is 4.01. The van der Waals surface area contributed by atoms with Crippen LogP contribution >= 0.6 is 0 Å². The third kappa shape index (κ3) is 4.29. The molecule has 3 heterocycles. The van der Waals surface area contributed by atoms with Gasteiger partial charge in [-0.25, -0.2) is 8.42 Å². The van der Waals surface area contributed by atoms with Crippen LogP contribution in [0.3, 0.4) is 0 Å². The molecule has 178 valence electrons. The first-order valence-corrected chi connectivity index (χ1v) is 13.1. The first kappa shape index (κ1) is 22.8. The molecule has 0 aliphatic carbocycles. The molecule has 2 atom stereocenters. The van der Waals surface area contributed by atoms with Gasteiger partial charge in [-0.15, -0.1) is 0 Å². The van der Waals surface area contributed by atoms with Crippen LogP contribution in [0.15, 0.2) is 65.7 Å². The number of morpholine rings is 1. The number of hydrogen-bond donors (Lipinski definition) is 1. The minimum Gasteiger partial charge on any atom is -0.373 e. The number of rotatable bonds is 4. The Balaban J connectivity index is 1.28. The van der Waals surface area contributed by atoms with E-state index < -0.39 is 10.0 Å². The van der Waals surface area contributed by atoms with Gasteiger partial charge in [-0.2, -0.15) is 4.31 Å². The molecule has 0 radical (unpaired) electrons. The van der Waals surface area contributed by atoms with E-state index in [0.717, 1.165) is 11.9 Å². The molecule has 3 aromatic rings. The molecule has 8 heteroatoms. The summed E-state index contributed by atoms with van der Waals surface area (Å²) < 4.78 is 33.3. The Kier molecular flexibility index (Phi) is 6.06. The van der Waals surface area contributed by atoms with Crippen molar-refractivity contribution in [2.75, 3.05) is 26.2 Å². The summed E-state index contributed by atoms with van der Waals surface area (Å²) >= 11 is 0. The van der Waals surface area contributed by atoms with E-state index in [1.54, 1.807) is 17.0 Å². The molecule has 0 bridgehead atoms. The van der Waals surface area contributed by atoms with Gasteiger partial charge >= 0.3 is 0 Å². The summed E-state index contributed by atoms with van der Waals surface area (Å²) in [5, 5.41) is 1.19. The molecule has 1 fully saturated rings. The second-order valence-corrected chi connectivity index (χ2v) is 11.0. The van der Waals surface area contributed by atoms with Crippen LogP contribution in [-0.4, -0.2) is 66.9 Å². The Morgan fingerprint density at radius 2 is 1.74 bits per heavy atom. The molecule has 2 aliphatic heterocycles. The van der Waals surface area contributed by atoms with Crippen molar-refractivity contribution in [1.29, 1.82) is 0 Å². The first-order valence-electron chi connectivity index (χ1n) is 11.6. The highest BCUT2D eigenvalue weighted by molar-refractivity contribution is 7.89. The van der Waals surface area contributed by atoms with Crippen molar-refractivity contribution in [3.8, 4) is 0 Å². The first-order chi connectivity index (χ1) is 16.3. The number of hydrogen-bond acceptors (Lipinski definition) is 4. The smallest absolute Gasteiger partial charge is 0.254 e. The largest absolute Gasteiger partial charge is 0.373 e. The average molecular weight is 480 g/mol. The van der Waals surface area contributed by atoms with Gasteiger partial charge in [0.15, 0.2) is 0 Å². The van der Waals surface area contributed by atoms with Crippen LogP contribution in [0.25, 0.3) is 16.5 Å². The van der Waals surface area contributed by atoms with Gasteiger partial charge in [0, 0.05) is 54.4 Å². The Bertz CT molecular complexity index is 1330. The second kappa shape index (κ2) is 9.02. The maximum Gasteiger partial charge on any atom is 0.254 e. The van der Waals surface area contributed by atoms with Crippen LogP contribution in [0.4, 0.5) is 0 Å². The molecule has 1 amide bonds. The Hall–Kier alpha value is -2.94. The SMILES string of the molecule is C[C@@H]1CN(S(=O)(=O)c2ccc(C(=O)N3CC=C(c4c[nH]c5ccccc45)CC3)cc2)C[C@H](C)O1. The summed E-state index contributed by atoms with van der Waals surface area (Å²) in [4.78, 5) is 18.4.